The van der Waals surface area contributed by atoms with Gasteiger partial charge >= 0.3 is 11.7 Å². The van der Waals surface area contributed by atoms with E-state index in [2.05, 4.69) is 0 Å². The van der Waals surface area contributed by atoms with Crippen LogP contribution in [0, 0.1) is 5.92 Å². The van der Waals surface area contributed by atoms with Crippen LogP contribution in [0.15, 0.2) is 29.1 Å². The molecule has 1 aliphatic rings. The van der Waals surface area contributed by atoms with Crippen LogP contribution in [0.3, 0.4) is 0 Å². The lowest BCUT2D eigenvalue weighted by Crippen LogP contribution is -2.45. The van der Waals surface area contributed by atoms with Gasteiger partial charge < -0.3 is 9.64 Å². The van der Waals surface area contributed by atoms with Gasteiger partial charge in [-0.05, 0) is 38.8 Å². The third-order valence-electron chi connectivity index (χ3n) is 4.93. The number of aryl methyl sites for hydroxylation is 1. The summed E-state index contributed by atoms with van der Waals surface area (Å²) in [5.74, 6) is -0.661. The van der Waals surface area contributed by atoms with Gasteiger partial charge in [-0.1, -0.05) is 12.1 Å². The molecule has 0 aliphatic carbocycles. The molecule has 1 aromatic carbocycles. The third-order valence-corrected chi connectivity index (χ3v) is 4.93. The molecule has 7 heteroatoms. The number of nitrogens with zero attached hydrogens (tertiary/aromatic N) is 3. The van der Waals surface area contributed by atoms with Gasteiger partial charge in [0, 0.05) is 19.6 Å². The number of imidazole rings is 1. The van der Waals surface area contributed by atoms with E-state index in [0.29, 0.717) is 26.2 Å². The standard InChI is InChI=1S/C19H25N3O4/c1-3-21-15-9-5-6-10-16(15)22(19(21)25)13-17(23)20-11-7-8-14(12-20)18(24)26-4-2/h5-6,9-10,14H,3-4,7-8,11-13H2,1-2H3. The van der Waals surface area contributed by atoms with E-state index >= 15 is 0 Å². The van der Waals surface area contributed by atoms with E-state index in [0.717, 1.165) is 23.9 Å². The number of fused-ring (bicyclic) bond motifs is 1. The van der Waals surface area contributed by atoms with E-state index in [1.165, 1.54) is 4.57 Å². The van der Waals surface area contributed by atoms with Crippen LogP contribution in [0.4, 0.5) is 0 Å². The van der Waals surface area contributed by atoms with E-state index < -0.39 is 0 Å². The molecule has 0 N–H and O–H groups in total. The molecule has 1 saturated heterocycles. The highest BCUT2D eigenvalue weighted by molar-refractivity contribution is 5.82. The van der Waals surface area contributed by atoms with Crippen molar-refractivity contribution >= 4 is 22.9 Å². The lowest BCUT2D eigenvalue weighted by Gasteiger charge is -2.31. The molecule has 1 unspecified atom stereocenters. The maximum Gasteiger partial charge on any atom is 0.329 e. The number of aromatic nitrogens is 2. The number of amides is 1. The van der Waals surface area contributed by atoms with Gasteiger partial charge in [0.25, 0.3) is 0 Å². The summed E-state index contributed by atoms with van der Waals surface area (Å²) in [5, 5.41) is 0. The number of benzene rings is 1. The minimum atomic E-state index is -0.277. The van der Waals surface area contributed by atoms with Crippen LogP contribution in [0.25, 0.3) is 11.0 Å². The van der Waals surface area contributed by atoms with Gasteiger partial charge in [-0.3, -0.25) is 18.7 Å². The Kier molecular flexibility index (Phi) is 5.44. The van der Waals surface area contributed by atoms with E-state index in [1.807, 2.05) is 31.2 Å². The quantitative estimate of drug-likeness (QED) is 0.761. The van der Waals surface area contributed by atoms with Gasteiger partial charge in [-0.2, -0.15) is 0 Å². The average Bonchev–Trinajstić information content (AvgIpc) is 2.93. The topological polar surface area (TPSA) is 73.5 Å². The summed E-state index contributed by atoms with van der Waals surface area (Å²) in [4.78, 5) is 39.1. The molecular weight excluding hydrogens is 334 g/mol. The van der Waals surface area contributed by atoms with Crippen molar-refractivity contribution in [2.45, 2.75) is 39.8 Å². The number of hydrogen-bond donors (Lipinski definition) is 0. The molecule has 3 rings (SSSR count). The maximum atomic E-state index is 12.8. The van der Waals surface area contributed by atoms with Crippen LogP contribution < -0.4 is 5.69 Å². The van der Waals surface area contributed by atoms with Gasteiger partial charge in [0.15, 0.2) is 0 Å². The van der Waals surface area contributed by atoms with Crippen LogP contribution in [0.5, 0.6) is 0 Å². The van der Waals surface area contributed by atoms with Crippen LogP contribution >= 0.6 is 0 Å². The number of carbonyl (C=O) groups is 2. The highest BCUT2D eigenvalue weighted by Crippen LogP contribution is 2.19. The fraction of sp³-hybridized carbons (Fsp3) is 0.526. The average molecular weight is 359 g/mol. The Morgan fingerprint density at radius 2 is 1.85 bits per heavy atom. The first kappa shape index (κ1) is 18.2. The minimum absolute atomic E-state index is 0.0120. The van der Waals surface area contributed by atoms with Crippen molar-refractivity contribution in [2.75, 3.05) is 19.7 Å². The SMILES string of the molecule is CCOC(=O)C1CCCN(C(=O)Cn2c(=O)n(CC)c3ccccc32)C1. The van der Waals surface area contributed by atoms with Crippen molar-refractivity contribution in [3.05, 3.63) is 34.7 Å². The molecule has 2 heterocycles. The molecule has 1 fully saturated rings. The van der Waals surface area contributed by atoms with Gasteiger partial charge in [0.1, 0.15) is 6.54 Å². The summed E-state index contributed by atoms with van der Waals surface area (Å²) >= 11 is 0. The maximum absolute atomic E-state index is 12.8. The van der Waals surface area contributed by atoms with Gasteiger partial charge in [0.05, 0.1) is 23.6 Å². The lowest BCUT2D eigenvalue weighted by molar-refractivity contribution is -0.151. The number of esters is 1. The molecule has 0 radical (unpaired) electrons. The zero-order chi connectivity index (χ0) is 18.7. The fourth-order valence-corrected chi connectivity index (χ4v) is 3.62. The number of rotatable bonds is 5. The Labute approximate surface area is 152 Å². The van der Waals surface area contributed by atoms with Crippen molar-refractivity contribution in [1.29, 1.82) is 0 Å². The highest BCUT2D eigenvalue weighted by Gasteiger charge is 2.29. The molecule has 1 aliphatic heterocycles. The van der Waals surface area contributed by atoms with Crippen molar-refractivity contribution in [1.82, 2.24) is 14.0 Å². The number of para-hydroxylation sites is 2. The molecule has 0 spiro atoms. The van der Waals surface area contributed by atoms with Crippen molar-refractivity contribution < 1.29 is 14.3 Å². The zero-order valence-corrected chi connectivity index (χ0v) is 15.3. The third kappa shape index (κ3) is 3.38. The predicted molar refractivity (Wildman–Crippen MR) is 97.8 cm³/mol. The predicted octanol–water partition coefficient (Wildman–Crippen LogP) is 1.62. The molecule has 2 aromatic rings. The zero-order valence-electron chi connectivity index (χ0n) is 15.3. The minimum Gasteiger partial charge on any atom is -0.466 e. The summed E-state index contributed by atoms with van der Waals surface area (Å²) in [5.41, 5.74) is 1.41. The van der Waals surface area contributed by atoms with E-state index in [9.17, 15) is 14.4 Å². The second-order valence-electron chi connectivity index (χ2n) is 6.53. The molecular formula is C19H25N3O4. The Morgan fingerprint density at radius 3 is 2.50 bits per heavy atom. The van der Waals surface area contributed by atoms with Crippen LogP contribution in [-0.2, 0) is 27.4 Å². The van der Waals surface area contributed by atoms with E-state index in [-0.39, 0.29) is 30.0 Å². The number of piperidine rings is 1. The van der Waals surface area contributed by atoms with Crippen LogP contribution in [-0.4, -0.2) is 45.6 Å². The summed E-state index contributed by atoms with van der Waals surface area (Å²) in [6.07, 6.45) is 1.50. The van der Waals surface area contributed by atoms with Crippen molar-refractivity contribution in [3.63, 3.8) is 0 Å². The van der Waals surface area contributed by atoms with Gasteiger partial charge in [-0.25, -0.2) is 4.79 Å². The fourth-order valence-electron chi connectivity index (χ4n) is 3.62. The van der Waals surface area contributed by atoms with E-state index in [1.54, 1.807) is 16.4 Å². The Bertz CT molecular complexity index is 867. The summed E-state index contributed by atoms with van der Waals surface area (Å²) in [6, 6.07) is 7.49. The van der Waals surface area contributed by atoms with Crippen molar-refractivity contribution in [3.8, 4) is 0 Å². The molecule has 7 nitrogen and oxygen atoms in total. The van der Waals surface area contributed by atoms with Crippen LogP contribution in [0.2, 0.25) is 0 Å². The highest BCUT2D eigenvalue weighted by atomic mass is 16.5. The molecule has 1 atom stereocenters. The number of likely N-dealkylation sites (tertiary alicyclic amines) is 1. The number of hydrogen-bond acceptors (Lipinski definition) is 4. The van der Waals surface area contributed by atoms with Crippen LogP contribution in [0.1, 0.15) is 26.7 Å². The Morgan fingerprint density at radius 1 is 1.15 bits per heavy atom. The first-order chi connectivity index (χ1) is 12.6. The summed E-state index contributed by atoms with van der Waals surface area (Å²) in [6.45, 7) is 5.54. The molecule has 1 amide bonds. The number of ether oxygens (including phenoxy) is 1. The summed E-state index contributed by atoms with van der Waals surface area (Å²) < 4.78 is 8.28. The Hall–Kier alpha value is -2.57. The lowest BCUT2D eigenvalue weighted by atomic mass is 9.98. The van der Waals surface area contributed by atoms with E-state index in [4.69, 9.17) is 4.74 Å². The first-order valence-electron chi connectivity index (χ1n) is 9.19. The van der Waals surface area contributed by atoms with Gasteiger partial charge in [-0.15, -0.1) is 0 Å². The monoisotopic (exact) mass is 359 g/mol. The molecule has 140 valence electrons. The smallest absolute Gasteiger partial charge is 0.329 e. The van der Waals surface area contributed by atoms with Crippen molar-refractivity contribution in [2.24, 2.45) is 5.92 Å². The largest absolute Gasteiger partial charge is 0.466 e. The van der Waals surface area contributed by atoms with Gasteiger partial charge in [0.2, 0.25) is 5.91 Å². The number of carbonyl (C=O) groups excluding carboxylic acids is 2. The normalized spacial score (nSPS) is 17.5. The first-order valence-corrected chi connectivity index (χ1v) is 9.19. The molecule has 0 bridgehead atoms. The Balaban J connectivity index is 1.80. The second-order valence-corrected chi connectivity index (χ2v) is 6.53. The molecule has 26 heavy (non-hydrogen) atoms. The summed E-state index contributed by atoms with van der Waals surface area (Å²) in [7, 11) is 0. The second kappa shape index (κ2) is 7.76. The molecule has 0 saturated carbocycles. The molecule has 1 aromatic heterocycles.